The van der Waals surface area contributed by atoms with Gasteiger partial charge in [0.15, 0.2) is 0 Å². The summed E-state index contributed by atoms with van der Waals surface area (Å²) in [5, 5.41) is 0. The smallest absolute Gasteiger partial charge is 0.0372 e. The van der Waals surface area contributed by atoms with Crippen molar-refractivity contribution in [1.82, 2.24) is 14.9 Å². The van der Waals surface area contributed by atoms with Crippen LogP contribution in [0, 0.1) is 12.8 Å². The molecule has 0 radical (unpaired) electrons. The van der Waals surface area contributed by atoms with Crippen molar-refractivity contribution in [3.63, 3.8) is 0 Å². The summed E-state index contributed by atoms with van der Waals surface area (Å²) >= 11 is 0. The molecular weight excluding hydrogens is 282 g/mol. The van der Waals surface area contributed by atoms with Crippen molar-refractivity contribution in [2.45, 2.75) is 39.0 Å². The zero-order valence-electron chi connectivity index (χ0n) is 14.3. The summed E-state index contributed by atoms with van der Waals surface area (Å²) in [5.41, 5.74) is 4.99. The molecule has 23 heavy (non-hydrogen) atoms. The van der Waals surface area contributed by atoms with E-state index in [1.165, 1.54) is 49.0 Å². The number of rotatable bonds is 5. The Kier molecular flexibility index (Phi) is 5.39. The largest absolute Gasteiger partial charge is 0.306 e. The molecule has 1 saturated heterocycles. The minimum atomic E-state index is 0.885. The second-order valence-corrected chi connectivity index (χ2v) is 6.97. The molecule has 2 aromatic heterocycles. The van der Waals surface area contributed by atoms with Crippen LogP contribution in [0.1, 0.15) is 41.6 Å². The molecule has 1 aliphatic rings. The summed E-state index contributed by atoms with van der Waals surface area (Å²) in [6.45, 7) is 4.53. The molecule has 0 aliphatic carbocycles. The number of pyridine rings is 2. The van der Waals surface area contributed by atoms with E-state index >= 15 is 0 Å². The van der Waals surface area contributed by atoms with Crippen LogP contribution in [0.3, 0.4) is 0 Å². The van der Waals surface area contributed by atoms with E-state index in [9.17, 15) is 0 Å². The van der Waals surface area contributed by atoms with Crippen molar-refractivity contribution in [2.75, 3.05) is 20.1 Å². The lowest BCUT2D eigenvalue weighted by Gasteiger charge is -2.28. The van der Waals surface area contributed by atoms with Gasteiger partial charge in [-0.1, -0.05) is 12.1 Å². The molecule has 1 fully saturated rings. The molecule has 3 nitrogen and oxygen atoms in total. The van der Waals surface area contributed by atoms with Crippen LogP contribution in [-0.4, -0.2) is 35.0 Å². The van der Waals surface area contributed by atoms with Gasteiger partial charge in [0.2, 0.25) is 0 Å². The fraction of sp³-hybridized carbons (Fsp3) is 0.500. The highest BCUT2D eigenvalue weighted by Crippen LogP contribution is 2.22. The molecule has 0 N–H and O–H groups in total. The van der Waals surface area contributed by atoms with Gasteiger partial charge in [-0.3, -0.25) is 9.97 Å². The number of hydrogen-bond donors (Lipinski definition) is 0. The Labute approximate surface area is 139 Å². The molecule has 0 aromatic carbocycles. The Balaban J connectivity index is 1.55. The van der Waals surface area contributed by atoms with Crippen molar-refractivity contribution in [3.8, 4) is 0 Å². The van der Waals surface area contributed by atoms with Crippen LogP contribution in [0.15, 0.2) is 36.8 Å². The Morgan fingerprint density at radius 2 is 1.83 bits per heavy atom. The van der Waals surface area contributed by atoms with E-state index in [1.807, 2.05) is 25.5 Å². The van der Waals surface area contributed by atoms with Crippen LogP contribution in [0.4, 0.5) is 0 Å². The van der Waals surface area contributed by atoms with E-state index in [0.29, 0.717) is 0 Å². The first-order valence-electron chi connectivity index (χ1n) is 8.72. The van der Waals surface area contributed by atoms with Crippen LogP contribution < -0.4 is 0 Å². The molecule has 0 saturated carbocycles. The molecule has 0 bridgehead atoms. The summed E-state index contributed by atoms with van der Waals surface area (Å²) in [5.74, 6) is 0.885. The Bertz CT molecular complexity index is 613. The van der Waals surface area contributed by atoms with Gasteiger partial charge in [-0.15, -0.1) is 0 Å². The SMILES string of the molecule is Cc1ccc(Cc2cncc(CCC3CCN(C)CC3)c2)cn1. The lowest BCUT2D eigenvalue weighted by Crippen LogP contribution is -2.30. The first-order chi connectivity index (χ1) is 11.2. The molecule has 3 heteroatoms. The molecule has 2 aromatic rings. The van der Waals surface area contributed by atoms with Gasteiger partial charge in [0.1, 0.15) is 0 Å². The van der Waals surface area contributed by atoms with Gasteiger partial charge in [0.05, 0.1) is 0 Å². The Morgan fingerprint density at radius 3 is 2.57 bits per heavy atom. The van der Waals surface area contributed by atoms with Crippen molar-refractivity contribution in [1.29, 1.82) is 0 Å². The molecule has 122 valence electrons. The van der Waals surface area contributed by atoms with Crippen molar-refractivity contribution < 1.29 is 0 Å². The monoisotopic (exact) mass is 309 g/mol. The highest BCUT2D eigenvalue weighted by Gasteiger charge is 2.16. The molecule has 0 atom stereocenters. The minimum Gasteiger partial charge on any atom is -0.306 e. The normalized spacial score (nSPS) is 16.6. The first kappa shape index (κ1) is 16.1. The zero-order chi connectivity index (χ0) is 16.1. The van der Waals surface area contributed by atoms with Crippen molar-refractivity contribution in [3.05, 3.63) is 59.2 Å². The summed E-state index contributed by atoms with van der Waals surface area (Å²) in [6, 6.07) is 6.56. The average Bonchev–Trinajstić information content (AvgIpc) is 2.57. The molecular formula is C20H27N3. The van der Waals surface area contributed by atoms with Crippen LogP contribution in [0.2, 0.25) is 0 Å². The maximum atomic E-state index is 4.45. The first-order valence-corrected chi connectivity index (χ1v) is 8.72. The summed E-state index contributed by atoms with van der Waals surface area (Å²) in [7, 11) is 2.23. The Morgan fingerprint density at radius 1 is 1.04 bits per heavy atom. The van der Waals surface area contributed by atoms with E-state index in [1.54, 1.807) is 0 Å². The van der Waals surface area contributed by atoms with Crippen molar-refractivity contribution >= 4 is 0 Å². The predicted molar refractivity (Wildman–Crippen MR) is 94.6 cm³/mol. The lowest BCUT2D eigenvalue weighted by molar-refractivity contribution is 0.212. The van der Waals surface area contributed by atoms with Gasteiger partial charge in [0.25, 0.3) is 0 Å². The second kappa shape index (κ2) is 7.69. The average molecular weight is 309 g/mol. The quantitative estimate of drug-likeness (QED) is 0.844. The van der Waals surface area contributed by atoms with E-state index < -0.39 is 0 Å². The van der Waals surface area contributed by atoms with Crippen LogP contribution >= 0.6 is 0 Å². The third-order valence-electron chi connectivity index (χ3n) is 4.91. The maximum Gasteiger partial charge on any atom is 0.0372 e. The van der Waals surface area contributed by atoms with Gasteiger partial charge in [-0.05, 0) is 81.4 Å². The molecule has 3 heterocycles. The highest BCUT2D eigenvalue weighted by molar-refractivity contribution is 5.25. The standard InChI is InChI=1S/C20H27N3/c1-16-3-4-19(15-22-16)12-20-11-18(13-21-14-20)6-5-17-7-9-23(2)10-8-17/h3-4,11,13-15,17H,5-10,12H2,1-2H3. The van der Waals surface area contributed by atoms with Gasteiger partial charge in [0, 0.05) is 30.7 Å². The fourth-order valence-corrected chi connectivity index (χ4v) is 3.34. The predicted octanol–water partition coefficient (Wildman–Crippen LogP) is 3.65. The highest BCUT2D eigenvalue weighted by atomic mass is 15.1. The summed E-state index contributed by atoms with van der Waals surface area (Å²) in [6.07, 6.45) is 12.1. The lowest BCUT2D eigenvalue weighted by atomic mass is 9.91. The molecule has 0 amide bonds. The number of aryl methyl sites for hydroxylation is 2. The minimum absolute atomic E-state index is 0.885. The van der Waals surface area contributed by atoms with Gasteiger partial charge < -0.3 is 4.90 Å². The summed E-state index contributed by atoms with van der Waals surface area (Å²) in [4.78, 5) is 11.3. The van der Waals surface area contributed by atoms with Crippen LogP contribution in [0.25, 0.3) is 0 Å². The van der Waals surface area contributed by atoms with Gasteiger partial charge in [-0.2, -0.15) is 0 Å². The van der Waals surface area contributed by atoms with E-state index in [4.69, 9.17) is 0 Å². The second-order valence-electron chi connectivity index (χ2n) is 6.97. The number of nitrogens with zero attached hydrogens (tertiary/aromatic N) is 3. The van der Waals surface area contributed by atoms with E-state index in [0.717, 1.165) is 24.5 Å². The van der Waals surface area contributed by atoms with Gasteiger partial charge >= 0.3 is 0 Å². The summed E-state index contributed by atoms with van der Waals surface area (Å²) < 4.78 is 0. The molecule has 0 unspecified atom stereocenters. The van der Waals surface area contributed by atoms with E-state index in [2.05, 4.69) is 40.1 Å². The number of likely N-dealkylation sites (tertiary alicyclic amines) is 1. The van der Waals surface area contributed by atoms with Crippen LogP contribution in [-0.2, 0) is 12.8 Å². The number of aromatic nitrogens is 2. The maximum absolute atomic E-state index is 4.45. The molecule has 1 aliphatic heterocycles. The van der Waals surface area contributed by atoms with Crippen molar-refractivity contribution in [2.24, 2.45) is 5.92 Å². The third-order valence-corrected chi connectivity index (χ3v) is 4.91. The van der Waals surface area contributed by atoms with Gasteiger partial charge in [-0.25, -0.2) is 0 Å². The topological polar surface area (TPSA) is 29.0 Å². The number of piperidine rings is 1. The molecule has 3 rings (SSSR count). The zero-order valence-corrected chi connectivity index (χ0v) is 14.3. The van der Waals surface area contributed by atoms with E-state index in [-0.39, 0.29) is 0 Å². The van der Waals surface area contributed by atoms with Crippen LogP contribution in [0.5, 0.6) is 0 Å². The fourth-order valence-electron chi connectivity index (χ4n) is 3.34. The third kappa shape index (κ3) is 4.87. The molecule has 0 spiro atoms. The number of hydrogen-bond acceptors (Lipinski definition) is 3. The Hall–Kier alpha value is -1.74.